The molecule has 1 aromatic carbocycles. The number of carbonyl (C=O) groups excluding carboxylic acids is 2. The Balaban J connectivity index is 1.55. The van der Waals surface area contributed by atoms with Crippen LogP contribution in [0.5, 0.6) is 0 Å². The molecule has 1 saturated heterocycles. The Hall–Kier alpha value is -2.55. The number of hydrogen-bond acceptors (Lipinski definition) is 6. The highest BCUT2D eigenvalue weighted by Crippen LogP contribution is 2.40. The monoisotopic (exact) mass is 390 g/mol. The van der Waals surface area contributed by atoms with Crippen LogP contribution in [0.2, 0.25) is 0 Å². The van der Waals surface area contributed by atoms with E-state index in [2.05, 4.69) is 10.2 Å². The summed E-state index contributed by atoms with van der Waals surface area (Å²) in [6, 6.07) is 4.83. The fourth-order valence-electron chi connectivity index (χ4n) is 3.07. The summed E-state index contributed by atoms with van der Waals surface area (Å²) >= 11 is 1.37. The lowest BCUT2D eigenvalue weighted by atomic mass is 9.86. The van der Waals surface area contributed by atoms with Crippen LogP contribution in [0, 0.1) is 5.82 Å². The second-order valence-corrected chi connectivity index (χ2v) is 7.77. The van der Waals surface area contributed by atoms with Crippen molar-refractivity contribution in [1.82, 2.24) is 15.1 Å². The maximum absolute atomic E-state index is 13.1. The second-order valence-electron chi connectivity index (χ2n) is 6.78. The maximum atomic E-state index is 13.1. The molecule has 0 bridgehead atoms. The highest BCUT2D eigenvalue weighted by Gasteiger charge is 2.38. The highest BCUT2D eigenvalue weighted by molar-refractivity contribution is 7.15. The summed E-state index contributed by atoms with van der Waals surface area (Å²) in [4.78, 5) is 28.1. The minimum atomic E-state index is -0.770. The van der Waals surface area contributed by atoms with Crippen LogP contribution in [0.15, 0.2) is 24.3 Å². The van der Waals surface area contributed by atoms with Crippen LogP contribution in [0.25, 0.3) is 0 Å². The molecule has 2 aromatic rings. The summed E-state index contributed by atoms with van der Waals surface area (Å²) in [5.74, 6) is -0.625. The average Bonchev–Trinajstić information content (AvgIpc) is 3.06. The molecule has 2 aliphatic rings. The Kier molecular flexibility index (Phi) is 4.77. The van der Waals surface area contributed by atoms with Gasteiger partial charge in [0.05, 0.1) is 5.56 Å². The molecule has 4 rings (SSSR count). The van der Waals surface area contributed by atoms with E-state index in [9.17, 15) is 14.0 Å². The van der Waals surface area contributed by atoms with Gasteiger partial charge in [-0.3, -0.25) is 0 Å². The molecule has 1 unspecified atom stereocenters. The topological polar surface area (TPSA) is 75.6 Å². The third-order valence-electron chi connectivity index (χ3n) is 4.95. The van der Waals surface area contributed by atoms with E-state index < -0.39 is 18.0 Å². The molecule has 1 aliphatic heterocycles. The summed E-state index contributed by atoms with van der Waals surface area (Å²) in [6.07, 6.45) is 3.04. The van der Waals surface area contributed by atoms with Crippen LogP contribution < -0.4 is 4.90 Å². The van der Waals surface area contributed by atoms with E-state index in [-0.39, 0.29) is 11.6 Å². The number of ether oxygens (including phenoxy) is 1. The molecule has 0 N–H and O–H groups in total. The van der Waals surface area contributed by atoms with E-state index in [0.29, 0.717) is 24.0 Å². The number of hydrogen-bond donors (Lipinski definition) is 0. The molecule has 1 atom stereocenters. The minimum absolute atomic E-state index is 0.232. The number of rotatable bonds is 4. The standard InChI is InChI=1S/C18H19FN4O3S/c1-22-10-9-14(26-16(24)12-5-7-13(19)8-6-12)23(18(22)25)17-21-20-15(27-17)11-3-2-4-11/h5-8,11,14H,2-4,9-10H2,1H3. The Morgan fingerprint density at radius 2 is 1.96 bits per heavy atom. The highest BCUT2D eigenvalue weighted by atomic mass is 32.1. The largest absolute Gasteiger partial charge is 0.437 e. The van der Waals surface area contributed by atoms with Crippen molar-refractivity contribution >= 4 is 28.5 Å². The quantitative estimate of drug-likeness (QED) is 0.748. The van der Waals surface area contributed by atoms with Crippen LogP contribution in [-0.4, -0.2) is 46.9 Å². The van der Waals surface area contributed by atoms with Gasteiger partial charge in [-0.15, -0.1) is 10.2 Å². The first kappa shape index (κ1) is 17.8. The fraction of sp³-hybridized carbons (Fsp3) is 0.444. The van der Waals surface area contributed by atoms with E-state index in [4.69, 9.17) is 4.74 Å². The zero-order valence-electron chi connectivity index (χ0n) is 14.8. The van der Waals surface area contributed by atoms with Gasteiger partial charge in [0.1, 0.15) is 10.8 Å². The predicted molar refractivity (Wildman–Crippen MR) is 97.2 cm³/mol. The molecule has 0 radical (unpaired) electrons. The van der Waals surface area contributed by atoms with E-state index in [1.54, 1.807) is 11.9 Å². The summed E-state index contributed by atoms with van der Waals surface area (Å²) < 4.78 is 18.6. The van der Waals surface area contributed by atoms with Crippen molar-refractivity contribution in [2.24, 2.45) is 0 Å². The van der Waals surface area contributed by atoms with Crippen LogP contribution in [0.3, 0.4) is 0 Å². The number of nitrogens with zero attached hydrogens (tertiary/aromatic N) is 4. The minimum Gasteiger partial charge on any atom is -0.437 e. The van der Waals surface area contributed by atoms with Gasteiger partial charge in [0, 0.05) is 25.9 Å². The first-order valence-electron chi connectivity index (χ1n) is 8.87. The molecule has 7 nitrogen and oxygen atoms in total. The van der Waals surface area contributed by atoms with Gasteiger partial charge in [0.15, 0.2) is 6.23 Å². The molecule has 2 heterocycles. The van der Waals surface area contributed by atoms with Crippen LogP contribution in [-0.2, 0) is 4.74 Å². The molecule has 142 valence electrons. The first-order valence-corrected chi connectivity index (χ1v) is 9.69. The fourth-order valence-corrected chi connectivity index (χ4v) is 4.12. The molecule has 0 spiro atoms. The van der Waals surface area contributed by atoms with E-state index in [0.717, 1.165) is 17.8 Å². The van der Waals surface area contributed by atoms with Gasteiger partial charge in [-0.2, -0.15) is 0 Å². The zero-order chi connectivity index (χ0) is 19.0. The lowest BCUT2D eigenvalue weighted by Gasteiger charge is -2.37. The first-order chi connectivity index (χ1) is 13.0. The number of benzene rings is 1. The molecule has 2 amide bonds. The molecule has 9 heteroatoms. The smallest absolute Gasteiger partial charge is 0.340 e. The second kappa shape index (κ2) is 7.22. The number of urea groups is 1. The van der Waals surface area contributed by atoms with Gasteiger partial charge in [0.2, 0.25) is 5.13 Å². The Labute approximate surface area is 159 Å². The summed E-state index contributed by atoms with van der Waals surface area (Å²) in [7, 11) is 1.70. The van der Waals surface area contributed by atoms with E-state index in [1.165, 1.54) is 46.9 Å². The summed E-state index contributed by atoms with van der Waals surface area (Å²) in [6.45, 7) is 0.463. The van der Waals surface area contributed by atoms with E-state index >= 15 is 0 Å². The van der Waals surface area contributed by atoms with Crippen LogP contribution in [0.1, 0.15) is 47.0 Å². The number of amides is 2. The van der Waals surface area contributed by atoms with Crippen molar-refractivity contribution in [2.45, 2.75) is 37.8 Å². The Bertz CT molecular complexity index is 853. The lowest BCUT2D eigenvalue weighted by Crippen LogP contribution is -2.54. The average molecular weight is 390 g/mol. The normalized spacial score (nSPS) is 20.5. The van der Waals surface area contributed by atoms with Gasteiger partial charge in [0.25, 0.3) is 0 Å². The van der Waals surface area contributed by atoms with Gasteiger partial charge >= 0.3 is 12.0 Å². The maximum Gasteiger partial charge on any atom is 0.340 e. The van der Waals surface area contributed by atoms with Crippen LogP contribution in [0.4, 0.5) is 14.3 Å². The molecular formula is C18H19FN4O3S. The van der Waals surface area contributed by atoms with Crippen molar-refractivity contribution in [3.63, 3.8) is 0 Å². The molecule has 27 heavy (non-hydrogen) atoms. The van der Waals surface area contributed by atoms with Crippen molar-refractivity contribution in [3.8, 4) is 0 Å². The van der Waals surface area contributed by atoms with E-state index in [1.807, 2.05) is 0 Å². The number of carbonyl (C=O) groups is 2. The van der Waals surface area contributed by atoms with Gasteiger partial charge in [-0.05, 0) is 37.1 Å². The third kappa shape index (κ3) is 3.51. The zero-order valence-corrected chi connectivity index (χ0v) is 15.6. The van der Waals surface area contributed by atoms with Gasteiger partial charge < -0.3 is 9.64 Å². The SMILES string of the molecule is CN1CCC(OC(=O)c2ccc(F)cc2)N(c2nnc(C3CCC3)s2)C1=O. The van der Waals surface area contributed by atoms with Crippen molar-refractivity contribution in [3.05, 3.63) is 40.7 Å². The lowest BCUT2D eigenvalue weighted by molar-refractivity contribution is 0.0229. The van der Waals surface area contributed by atoms with Gasteiger partial charge in [-0.1, -0.05) is 17.8 Å². The molecule has 1 aliphatic carbocycles. The third-order valence-corrected chi connectivity index (χ3v) is 6.03. The number of halogens is 1. The Morgan fingerprint density at radius 1 is 1.22 bits per heavy atom. The summed E-state index contributed by atoms with van der Waals surface area (Å²) in [5.41, 5.74) is 0.232. The molecule has 1 saturated carbocycles. The molecule has 2 fully saturated rings. The molecular weight excluding hydrogens is 371 g/mol. The predicted octanol–water partition coefficient (Wildman–Crippen LogP) is 3.39. The van der Waals surface area contributed by atoms with Crippen molar-refractivity contribution in [1.29, 1.82) is 0 Å². The van der Waals surface area contributed by atoms with Crippen molar-refractivity contribution < 1.29 is 18.7 Å². The van der Waals surface area contributed by atoms with Gasteiger partial charge in [-0.25, -0.2) is 18.9 Å². The number of esters is 1. The number of aromatic nitrogens is 2. The Morgan fingerprint density at radius 3 is 2.63 bits per heavy atom. The molecule has 1 aromatic heterocycles. The number of anilines is 1. The van der Waals surface area contributed by atoms with Crippen molar-refractivity contribution in [2.75, 3.05) is 18.5 Å². The summed E-state index contributed by atoms with van der Waals surface area (Å²) in [5, 5.41) is 9.76. The van der Waals surface area contributed by atoms with Crippen LogP contribution >= 0.6 is 11.3 Å².